The van der Waals surface area contributed by atoms with Crippen LogP contribution in [0.4, 0.5) is 0 Å². The lowest BCUT2D eigenvalue weighted by molar-refractivity contribution is -0.150. The van der Waals surface area contributed by atoms with Crippen molar-refractivity contribution in [1.29, 1.82) is 0 Å². The third-order valence-corrected chi connectivity index (χ3v) is 3.85. The lowest BCUT2D eigenvalue weighted by Crippen LogP contribution is -2.46. The van der Waals surface area contributed by atoms with Crippen LogP contribution >= 0.6 is 15.9 Å². The van der Waals surface area contributed by atoms with E-state index in [0.717, 1.165) is 9.37 Å². The maximum atomic E-state index is 12.3. The van der Waals surface area contributed by atoms with Crippen LogP contribution in [0, 0.1) is 0 Å². The summed E-state index contributed by atoms with van der Waals surface area (Å²) in [4.78, 5) is 24.6. The van der Waals surface area contributed by atoms with Crippen molar-refractivity contribution in [2.24, 2.45) is 0 Å². The van der Waals surface area contributed by atoms with Gasteiger partial charge in [-0.15, -0.1) is 0 Å². The normalized spacial score (nSPS) is 22.9. The maximum Gasteiger partial charge on any atom is 0.326 e. The SMILES string of the molecule is CC(Oc1ccc(Br)cc1)C(=O)N1CC(O)CC1C(=O)O. The molecule has 114 valence electrons. The van der Waals surface area contributed by atoms with E-state index < -0.39 is 30.1 Å². The second-order valence-corrected chi connectivity index (χ2v) is 5.86. The van der Waals surface area contributed by atoms with Crippen LogP contribution in [0.5, 0.6) is 5.75 Å². The Hall–Kier alpha value is -1.60. The number of likely N-dealkylation sites (tertiary alicyclic amines) is 1. The van der Waals surface area contributed by atoms with Gasteiger partial charge < -0.3 is 19.8 Å². The number of aliphatic carboxylic acids is 1. The monoisotopic (exact) mass is 357 g/mol. The molecule has 1 aromatic carbocycles. The molecule has 1 fully saturated rings. The van der Waals surface area contributed by atoms with E-state index in [4.69, 9.17) is 9.84 Å². The van der Waals surface area contributed by atoms with Crippen molar-refractivity contribution >= 4 is 27.8 Å². The Kier molecular flexibility index (Phi) is 4.84. The van der Waals surface area contributed by atoms with Crippen LogP contribution in [0.2, 0.25) is 0 Å². The van der Waals surface area contributed by atoms with Gasteiger partial charge in [-0.2, -0.15) is 0 Å². The Bertz CT molecular complexity index is 533. The van der Waals surface area contributed by atoms with Crippen LogP contribution < -0.4 is 4.74 Å². The van der Waals surface area contributed by atoms with Crippen LogP contribution in [0.25, 0.3) is 0 Å². The van der Waals surface area contributed by atoms with Gasteiger partial charge in [0.1, 0.15) is 11.8 Å². The van der Waals surface area contributed by atoms with Crippen LogP contribution in [0.15, 0.2) is 28.7 Å². The number of carboxylic acid groups (broad SMARTS) is 1. The fraction of sp³-hybridized carbons (Fsp3) is 0.429. The Morgan fingerprint density at radius 3 is 2.57 bits per heavy atom. The predicted octanol–water partition coefficient (Wildman–Crippen LogP) is 1.26. The molecular weight excluding hydrogens is 342 g/mol. The summed E-state index contributed by atoms with van der Waals surface area (Å²) in [5.41, 5.74) is 0. The van der Waals surface area contributed by atoms with Gasteiger partial charge in [0, 0.05) is 17.4 Å². The molecular formula is C14H16BrNO5. The second-order valence-electron chi connectivity index (χ2n) is 4.95. The average Bonchev–Trinajstić information content (AvgIpc) is 2.82. The summed E-state index contributed by atoms with van der Waals surface area (Å²) in [7, 11) is 0. The summed E-state index contributed by atoms with van der Waals surface area (Å²) in [5.74, 6) is -1.04. The minimum atomic E-state index is -1.12. The minimum Gasteiger partial charge on any atom is -0.481 e. The number of carbonyl (C=O) groups excluding carboxylic acids is 1. The number of aliphatic hydroxyl groups excluding tert-OH is 1. The summed E-state index contributed by atoms with van der Waals surface area (Å²) in [5, 5.41) is 18.7. The van der Waals surface area contributed by atoms with Gasteiger partial charge >= 0.3 is 5.97 Å². The number of carbonyl (C=O) groups is 2. The first-order chi connectivity index (χ1) is 9.88. The van der Waals surface area contributed by atoms with Crippen LogP contribution in [-0.4, -0.2) is 51.8 Å². The molecule has 0 bridgehead atoms. The largest absolute Gasteiger partial charge is 0.481 e. The van der Waals surface area contributed by atoms with Crippen molar-refractivity contribution in [2.45, 2.75) is 31.6 Å². The Labute approximate surface area is 130 Å². The van der Waals surface area contributed by atoms with E-state index in [-0.39, 0.29) is 13.0 Å². The predicted molar refractivity (Wildman–Crippen MR) is 78.0 cm³/mol. The van der Waals surface area contributed by atoms with Gasteiger partial charge in [-0.1, -0.05) is 15.9 Å². The molecule has 1 aromatic rings. The zero-order chi connectivity index (χ0) is 15.6. The number of hydrogen-bond donors (Lipinski definition) is 2. The molecule has 0 spiro atoms. The van der Waals surface area contributed by atoms with Crippen molar-refractivity contribution in [1.82, 2.24) is 4.90 Å². The number of β-amino-alcohol motifs (C(OH)–C–C–N with tert-alkyl or cyclic N) is 1. The molecule has 2 N–H and O–H groups in total. The van der Waals surface area contributed by atoms with Crippen molar-refractivity contribution in [3.63, 3.8) is 0 Å². The van der Waals surface area contributed by atoms with Crippen LogP contribution in [0.1, 0.15) is 13.3 Å². The fourth-order valence-electron chi connectivity index (χ4n) is 2.29. The molecule has 1 aliphatic rings. The van der Waals surface area contributed by atoms with Gasteiger partial charge in [-0.3, -0.25) is 4.79 Å². The number of aliphatic hydroxyl groups is 1. The van der Waals surface area contributed by atoms with Gasteiger partial charge in [-0.05, 0) is 31.2 Å². The van der Waals surface area contributed by atoms with Crippen molar-refractivity contribution in [3.8, 4) is 5.75 Å². The minimum absolute atomic E-state index is 0.0177. The van der Waals surface area contributed by atoms with E-state index in [0.29, 0.717) is 5.75 Å². The molecule has 0 saturated carbocycles. The molecule has 3 atom stereocenters. The fourth-order valence-corrected chi connectivity index (χ4v) is 2.56. The Morgan fingerprint density at radius 1 is 1.38 bits per heavy atom. The van der Waals surface area contributed by atoms with Crippen molar-refractivity contribution in [2.75, 3.05) is 6.54 Å². The quantitative estimate of drug-likeness (QED) is 0.846. The van der Waals surface area contributed by atoms with Gasteiger partial charge in [0.05, 0.1) is 6.10 Å². The van der Waals surface area contributed by atoms with Crippen molar-refractivity contribution in [3.05, 3.63) is 28.7 Å². The highest BCUT2D eigenvalue weighted by Crippen LogP contribution is 2.22. The molecule has 6 nitrogen and oxygen atoms in total. The standard InChI is InChI=1S/C14H16BrNO5/c1-8(21-11-4-2-9(15)3-5-11)13(18)16-7-10(17)6-12(16)14(19)20/h2-5,8,10,12,17H,6-7H2,1H3,(H,19,20). The number of nitrogens with zero attached hydrogens (tertiary/aromatic N) is 1. The zero-order valence-electron chi connectivity index (χ0n) is 11.4. The van der Waals surface area contributed by atoms with Gasteiger partial charge in [0.2, 0.25) is 0 Å². The Morgan fingerprint density at radius 2 is 2.00 bits per heavy atom. The van der Waals surface area contributed by atoms with Gasteiger partial charge in [0.15, 0.2) is 6.10 Å². The summed E-state index contributed by atoms with van der Waals surface area (Å²) in [6.07, 6.45) is -1.58. The van der Waals surface area contributed by atoms with Crippen LogP contribution in [0.3, 0.4) is 0 Å². The summed E-state index contributed by atoms with van der Waals surface area (Å²) >= 11 is 3.30. The third-order valence-electron chi connectivity index (χ3n) is 3.32. The number of amides is 1. The number of ether oxygens (including phenoxy) is 1. The zero-order valence-corrected chi connectivity index (χ0v) is 13.0. The molecule has 2 rings (SSSR count). The van der Waals surface area contributed by atoms with E-state index in [1.54, 1.807) is 31.2 Å². The molecule has 0 aliphatic carbocycles. The molecule has 7 heteroatoms. The molecule has 1 amide bonds. The summed E-state index contributed by atoms with van der Waals surface area (Å²) in [6.45, 7) is 1.58. The number of rotatable bonds is 4. The number of benzene rings is 1. The summed E-state index contributed by atoms with van der Waals surface area (Å²) in [6, 6.07) is 5.99. The number of hydrogen-bond acceptors (Lipinski definition) is 4. The topological polar surface area (TPSA) is 87.1 Å². The van der Waals surface area contributed by atoms with Crippen LogP contribution in [-0.2, 0) is 9.59 Å². The Balaban J connectivity index is 2.04. The highest BCUT2D eigenvalue weighted by molar-refractivity contribution is 9.10. The molecule has 1 heterocycles. The smallest absolute Gasteiger partial charge is 0.326 e. The molecule has 1 saturated heterocycles. The lowest BCUT2D eigenvalue weighted by atomic mass is 10.2. The van der Waals surface area contributed by atoms with E-state index >= 15 is 0 Å². The van der Waals surface area contributed by atoms with E-state index in [9.17, 15) is 14.7 Å². The second kappa shape index (κ2) is 6.44. The molecule has 0 aromatic heterocycles. The van der Waals surface area contributed by atoms with Crippen molar-refractivity contribution < 1.29 is 24.5 Å². The highest BCUT2D eigenvalue weighted by atomic mass is 79.9. The van der Waals surface area contributed by atoms with Gasteiger partial charge in [0.25, 0.3) is 5.91 Å². The van der Waals surface area contributed by atoms with E-state index in [1.807, 2.05) is 0 Å². The number of carboxylic acids is 1. The highest BCUT2D eigenvalue weighted by Gasteiger charge is 2.40. The molecule has 0 radical (unpaired) electrons. The first-order valence-electron chi connectivity index (χ1n) is 6.52. The molecule has 21 heavy (non-hydrogen) atoms. The van der Waals surface area contributed by atoms with E-state index in [1.165, 1.54) is 0 Å². The first-order valence-corrected chi connectivity index (χ1v) is 7.31. The maximum absolute atomic E-state index is 12.3. The first kappa shape index (κ1) is 15.8. The molecule has 1 aliphatic heterocycles. The third kappa shape index (κ3) is 3.74. The number of halogens is 1. The average molecular weight is 358 g/mol. The van der Waals surface area contributed by atoms with Gasteiger partial charge in [-0.25, -0.2) is 4.79 Å². The lowest BCUT2D eigenvalue weighted by Gasteiger charge is -2.25. The molecule has 3 unspecified atom stereocenters. The van der Waals surface area contributed by atoms with E-state index in [2.05, 4.69) is 15.9 Å². The summed E-state index contributed by atoms with van der Waals surface area (Å²) < 4.78 is 6.41.